The molecule has 0 saturated carbocycles. The van der Waals surface area contributed by atoms with E-state index in [2.05, 4.69) is 37.1 Å². The van der Waals surface area contributed by atoms with Gasteiger partial charge in [0, 0.05) is 18.2 Å². The van der Waals surface area contributed by atoms with Gasteiger partial charge in [-0.3, -0.25) is 4.90 Å². The third kappa shape index (κ3) is 2.37. The molecule has 1 fully saturated rings. The van der Waals surface area contributed by atoms with Crippen LogP contribution in [0.1, 0.15) is 36.9 Å². The summed E-state index contributed by atoms with van der Waals surface area (Å²) in [5.74, 6) is 1.77. The van der Waals surface area contributed by atoms with Gasteiger partial charge in [0.15, 0.2) is 0 Å². The summed E-state index contributed by atoms with van der Waals surface area (Å²) in [5, 5.41) is 0. The van der Waals surface area contributed by atoms with E-state index in [-0.39, 0.29) is 0 Å². The molecular weight excluding hydrogens is 236 g/mol. The van der Waals surface area contributed by atoms with Crippen LogP contribution in [-0.4, -0.2) is 31.1 Å². The molecule has 0 amide bonds. The molecule has 1 aromatic carbocycles. The molecule has 3 heteroatoms. The minimum atomic E-state index is 0.339. The third-order valence-electron chi connectivity index (χ3n) is 4.59. The Labute approximate surface area is 115 Å². The van der Waals surface area contributed by atoms with Crippen LogP contribution >= 0.6 is 0 Å². The van der Waals surface area contributed by atoms with Crippen LogP contribution in [-0.2, 0) is 6.42 Å². The normalized spacial score (nSPS) is 31.0. The summed E-state index contributed by atoms with van der Waals surface area (Å²) < 4.78 is 6.13. The SMILES string of the molecule is CC1CCc2cccc(C3CC(CN)CN3C)c2O1. The van der Waals surface area contributed by atoms with E-state index < -0.39 is 0 Å². The number of nitrogens with zero attached hydrogens (tertiary/aromatic N) is 1. The fourth-order valence-electron chi connectivity index (χ4n) is 3.47. The van der Waals surface area contributed by atoms with Crippen molar-refractivity contribution in [1.82, 2.24) is 4.90 Å². The summed E-state index contributed by atoms with van der Waals surface area (Å²) in [4.78, 5) is 2.43. The largest absolute Gasteiger partial charge is 0.490 e. The Morgan fingerprint density at radius 1 is 1.42 bits per heavy atom. The van der Waals surface area contributed by atoms with Gasteiger partial charge >= 0.3 is 0 Å². The lowest BCUT2D eigenvalue weighted by molar-refractivity contribution is 0.185. The van der Waals surface area contributed by atoms with Gasteiger partial charge in [0.2, 0.25) is 0 Å². The third-order valence-corrected chi connectivity index (χ3v) is 4.59. The maximum absolute atomic E-state index is 6.13. The van der Waals surface area contributed by atoms with E-state index in [1.807, 2.05) is 0 Å². The van der Waals surface area contributed by atoms with Crippen molar-refractivity contribution in [3.8, 4) is 5.75 Å². The van der Waals surface area contributed by atoms with Gasteiger partial charge in [0.05, 0.1) is 6.10 Å². The molecule has 0 aromatic heterocycles. The average Bonchev–Trinajstić information content (AvgIpc) is 2.79. The van der Waals surface area contributed by atoms with Crippen molar-refractivity contribution < 1.29 is 4.74 Å². The van der Waals surface area contributed by atoms with E-state index in [0.717, 1.165) is 38.1 Å². The average molecular weight is 260 g/mol. The zero-order valence-electron chi connectivity index (χ0n) is 11.9. The van der Waals surface area contributed by atoms with Crippen LogP contribution in [0.15, 0.2) is 18.2 Å². The van der Waals surface area contributed by atoms with E-state index in [4.69, 9.17) is 10.5 Å². The number of benzene rings is 1. The predicted octanol–water partition coefficient (Wildman–Crippen LogP) is 2.35. The molecule has 2 aliphatic rings. The fraction of sp³-hybridized carbons (Fsp3) is 0.625. The van der Waals surface area contributed by atoms with Crippen molar-refractivity contribution in [1.29, 1.82) is 0 Å². The molecule has 3 rings (SSSR count). The maximum Gasteiger partial charge on any atom is 0.127 e. The van der Waals surface area contributed by atoms with Crippen LogP contribution in [0.3, 0.4) is 0 Å². The van der Waals surface area contributed by atoms with E-state index in [1.54, 1.807) is 0 Å². The van der Waals surface area contributed by atoms with Gasteiger partial charge in [-0.15, -0.1) is 0 Å². The fourth-order valence-corrected chi connectivity index (χ4v) is 3.47. The van der Waals surface area contributed by atoms with Crippen molar-refractivity contribution in [3.63, 3.8) is 0 Å². The molecule has 0 spiro atoms. The highest BCUT2D eigenvalue weighted by atomic mass is 16.5. The molecule has 2 N–H and O–H groups in total. The number of para-hydroxylation sites is 1. The van der Waals surface area contributed by atoms with Crippen LogP contribution < -0.4 is 10.5 Å². The van der Waals surface area contributed by atoms with Crippen LogP contribution in [0, 0.1) is 5.92 Å². The van der Waals surface area contributed by atoms with Crippen molar-refractivity contribution in [2.45, 2.75) is 38.3 Å². The van der Waals surface area contributed by atoms with Gasteiger partial charge < -0.3 is 10.5 Å². The standard InChI is InChI=1S/C16H24N2O/c1-11-6-7-13-4-3-5-14(16(13)19-11)15-8-12(9-17)10-18(15)2/h3-5,11-12,15H,6-10,17H2,1-2H3. The Morgan fingerprint density at radius 3 is 3.00 bits per heavy atom. The summed E-state index contributed by atoms with van der Waals surface area (Å²) in [6.45, 7) is 4.05. The Hall–Kier alpha value is -1.06. The Bertz CT molecular complexity index is 460. The van der Waals surface area contributed by atoms with Crippen molar-refractivity contribution >= 4 is 0 Å². The molecule has 0 bridgehead atoms. The highest BCUT2D eigenvalue weighted by molar-refractivity contribution is 5.45. The van der Waals surface area contributed by atoms with Crippen LogP contribution in [0.4, 0.5) is 0 Å². The predicted molar refractivity (Wildman–Crippen MR) is 77.4 cm³/mol. The Balaban J connectivity index is 1.93. The first-order chi connectivity index (χ1) is 9.19. The first-order valence-electron chi connectivity index (χ1n) is 7.37. The molecule has 104 valence electrons. The van der Waals surface area contributed by atoms with Crippen molar-refractivity contribution in [2.24, 2.45) is 11.7 Å². The second-order valence-corrected chi connectivity index (χ2v) is 6.10. The van der Waals surface area contributed by atoms with Gasteiger partial charge in [-0.2, -0.15) is 0 Å². The molecular formula is C16H24N2O. The summed E-state index contributed by atoms with van der Waals surface area (Å²) in [6, 6.07) is 7.09. The molecule has 1 aromatic rings. The molecule has 0 aliphatic carbocycles. The maximum atomic E-state index is 6.13. The molecule has 1 saturated heterocycles. The van der Waals surface area contributed by atoms with E-state index >= 15 is 0 Å². The molecule has 2 heterocycles. The smallest absolute Gasteiger partial charge is 0.127 e. The number of fused-ring (bicyclic) bond motifs is 1. The monoisotopic (exact) mass is 260 g/mol. The Kier molecular flexibility index (Phi) is 3.50. The number of hydrogen-bond acceptors (Lipinski definition) is 3. The molecule has 2 aliphatic heterocycles. The highest BCUT2D eigenvalue weighted by Gasteiger charge is 2.33. The second-order valence-electron chi connectivity index (χ2n) is 6.10. The minimum Gasteiger partial charge on any atom is -0.490 e. The molecule has 3 atom stereocenters. The van der Waals surface area contributed by atoms with Crippen molar-refractivity contribution in [3.05, 3.63) is 29.3 Å². The van der Waals surface area contributed by atoms with Gasteiger partial charge in [-0.1, -0.05) is 18.2 Å². The molecule has 19 heavy (non-hydrogen) atoms. The number of hydrogen-bond donors (Lipinski definition) is 1. The summed E-state index contributed by atoms with van der Waals surface area (Å²) in [7, 11) is 2.20. The number of rotatable bonds is 2. The summed E-state index contributed by atoms with van der Waals surface area (Å²) >= 11 is 0. The van der Waals surface area contributed by atoms with E-state index in [0.29, 0.717) is 18.1 Å². The second kappa shape index (κ2) is 5.14. The minimum absolute atomic E-state index is 0.339. The Morgan fingerprint density at radius 2 is 2.26 bits per heavy atom. The molecule has 3 unspecified atom stereocenters. The zero-order valence-corrected chi connectivity index (χ0v) is 11.9. The first-order valence-corrected chi connectivity index (χ1v) is 7.37. The van der Waals surface area contributed by atoms with E-state index in [1.165, 1.54) is 11.1 Å². The number of aryl methyl sites for hydroxylation is 1. The summed E-state index contributed by atoms with van der Waals surface area (Å²) in [6.07, 6.45) is 3.76. The summed E-state index contributed by atoms with van der Waals surface area (Å²) in [5.41, 5.74) is 8.58. The first kappa shape index (κ1) is 12.9. The number of nitrogens with two attached hydrogens (primary N) is 1. The lowest BCUT2D eigenvalue weighted by Gasteiger charge is -2.29. The highest BCUT2D eigenvalue weighted by Crippen LogP contribution is 2.41. The van der Waals surface area contributed by atoms with Gasteiger partial charge in [0.25, 0.3) is 0 Å². The van der Waals surface area contributed by atoms with Gasteiger partial charge in [-0.05, 0) is 51.3 Å². The van der Waals surface area contributed by atoms with Gasteiger partial charge in [-0.25, -0.2) is 0 Å². The lowest BCUT2D eigenvalue weighted by atomic mass is 9.94. The van der Waals surface area contributed by atoms with Crippen LogP contribution in [0.5, 0.6) is 5.75 Å². The van der Waals surface area contributed by atoms with Crippen molar-refractivity contribution in [2.75, 3.05) is 20.1 Å². The topological polar surface area (TPSA) is 38.5 Å². The lowest BCUT2D eigenvalue weighted by Crippen LogP contribution is -2.24. The zero-order chi connectivity index (χ0) is 13.4. The molecule has 0 radical (unpaired) electrons. The van der Waals surface area contributed by atoms with Crippen LogP contribution in [0.25, 0.3) is 0 Å². The van der Waals surface area contributed by atoms with E-state index in [9.17, 15) is 0 Å². The van der Waals surface area contributed by atoms with Gasteiger partial charge in [0.1, 0.15) is 5.75 Å². The quantitative estimate of drug-likeness (QED) is 0.887. The van der Waals surface area contributed by atoms with Crippen LogP contribution in [0.2, 0.25) is 0 Å². The molecule has 3 nitrogen and oxygen atoms in total. The number of likely N-dealkylation sites (tertiary alicyclic amines) is 1. The number of ether oxygens (including phenoxy) is 1.